The number of aromatic amines is 1. The normalized spacial score (nSPS) is 15.8. The summed E-state index contributed by atoms with van der Waals surface area (Å²) in [6.45, 7) is 0. The first kappa shape index (κ1) is 12.1. The first-order chi connectivity index (χ1) is 9.28. The maximum Gasteiger partial charge on any atom is 0.271 e. The van der Waals surface area contributed by atoms with E-state index < -0.39 is 0 Å². The molecule has 1 N–H and O–H groups in total. The van der Waals surface area contributed by atoms with E-state index in [1.807, 2.05) is 24.3 Å². The molecular weight excluding hydrogens is 240 g/mol. The molecule has 1 aromatic carbocycles. The summed E-state index contributed by atoms with van der Waals surface area (Å²) in [5.74, 6) is 1.26. The molecule has 1 saturated carbocycles. The molecular formula is C15H18N2O2. The molecule has 4 heteroatoms. The standard InChI is InChI=1S/C15H18N2O2/c1-19-13-8-4-7-12(9-13)17-15(18)10-14(16-17)11-5-2-3-6-11/h4,7-11,16H,2-3,5-6H2,1H3. The van der Waals surface area contributed by atoms with Gasteiger partial charge in [-0.2, -0.15) is 0 Å². The van der Waals surface area contributed by atoms with Crippen LogP contribution < -0.4 is 10.3 Å². The average molecular weight is 258 g/mol. The van der Waals surface area contributed by atoms with Crippen LogP contribution in [0.15, 0.2) is 35.1 Å². The zero-order chi connectivity index (χ0) is 13.2. The number of nitrogens with zero attached hydrogens (tertiary/aromatic N) is 1. The van der Waals surface area contributed by atoms with E-state index in [4.69, 9.17) is 4.74 Å². The molecule has 0 radical (unpaired) electrons. The van der Waals surface area contributed by atoms with Crippen LogP contribution in [0.25, 0.3) is 5.69 Å². The number of hydrogen-bond donors (Lipinski definition) is 1. The zero-order valence-corrected chi connectivity index (χ0v) is 11.1. The highest BCUT2D eigenvalue weighted by Crippen LogP contribution is 2.32. The fourth-order valence-electron chi connectivity index (χ4n) is 2.80. The van der Waals surface area contributed by atoms with Crippen molar-refractivity contribution >= 4 is 0 Å². The quantitative estimate of drug-likeness (QED) is 0.920. The predicted octanol–water partition coefficient (Wildman–Crippen LogP) is 2.83. The Morgan fingerprint density at radius 2 is 2.05 bits per heavy atom. The fraction of sp³-hybridized carbons (Fsp3) is 0.400. The molecule has 0 amide bonds. The number of hydrogen-bond acceptors (Lipinski definition) is 2. The summed E-state index contributed by atoms with van der Waals surface area (Å²) in [4.78, 5) is 12.1. The van der Waals surface area contributed by atoms with Crippen LogP contribution >= 0.6 is 0 Å². The van der Waals surface area contributed by atoms with Crippen molar-refractivity contribution in [2.75, 3.05) is 7.11 Å². The Labute approximate surface area is 112 Å². The first-order valence-corrected chi connectivity index (χ1v) is 6.74. The molecule has 1 aliphatic carbocycles. The molecule has 0 aliphatic heterocycles. The van der Waals surface area contributed by atoms with E-state index in [9.17, 15) is 4.79 Å². The summed E-state index contributed by atoms with van der Waals surface area (Å²) in [5.41, 5.74) is 1.87. The zero-order valence-electron chi connectivity index (χ0n) is 11.1. The van der Waals surface area contributed by atoms with E-state index in [2.05, 4.69) is 5.10 Å². The van der Waals surface area contributed by atoms with Gasteiger partial charge < -0.3 is 4.74 Å². The fourth-order valence-corrected chi connectivity index (χ4v) is 2.80. The highest BCUT2D eigenvalue weighted by molar-refractivity contribution is 5.38. The Morgan fingerprint density at radius 3 is 2.79 bits per heavy atom. The van der Waals surface area contributed by atoms with Gasteiger partial charge in [-0.1, -0.05) is 18.9 Å². The Kier molecular flexibility index (Phi) is 3.15. The Bertz CT molecular complexity index is 621. The van der Waals surface area contributed by atoms with E-state index in [0.29, 0.717) is 5.92 Å². The predicted molar refractivity (Wildman–Crippen MR) is 74.2 cm³/mol. The molecule has 1 fully saturated rings. The number of benzene rings is 1. The molecule has 0 bridgehead atoms. The van der Waals surface area contributed by atoms with Crippen LogP contribution in [-0.2, 0) is 0 Å². The minimum Gasteiger partial charge on any atom is -0.497 e. The maximum absolute atomic E-state index is 12.1. The van der Waals surface area contributed by atoms with Crippen molar-refractivity contribution in [3.8, 4) is 11.4 Å². The largest absolute Gasteiger partial charge is 0.497 e. The average Bonchev–Trinajstić information content (AvgIpc) is 3.07. The van der Waals surface area contributed by atoms with E-state index in [1.54, 1.807) is 17.9 Å². The summed E-state index contributed by atoms with van der Waals surface area (Å²) in [5, 5.41) is 3.24. The third kappa shape index (κ3) is 2.30. The molecule has 1 heterocycles. The molecule has 3 rings (SSSR count). The molecule has 0 spiro atoms. The highest BCUT2D eigenvalue weighted by atomic mass is 16.5. The Hall–Kier alpha value is -1.97. The maximum atomic E-state index is 12.1. The number of methoxy groups -OCH3 is 1. The van der Waals surface area contributed by atoms with E-state index in [1.165, 1.54) is 25.7 Å². The topological polar surface area (TPSA) is 47.0 Å². The first-order valence-electron chi connectivity index (χ1n) is 6.74. The van der Waals surface area contributed by atoms with Crippen molar-refractivity contribution in [2.24, 2.45) is 0 Å². The van der Waals surface area contributed by atoms with Crippen LogP contribution in [0.4, 0.5) is 0 Å². The van der Waals surface area contributed by atoms with Gasteiger partial charge in [-0.25, -0.2) is 4.68 Å². The third-order valence-corrected chi connectivity index (χ3v) is 3.85. The van der Waals surface area contributed by atoms with Crippen molar-refractivity contribution in [3.63, 3.8) is 0 Å². The second-order valence-electron chi connectivity index (χ2n) is 5.07. The van der Waals surface area contributed by atoms with E-state index >= 15 is 0 Å². The monoisotopic (exact) mass is 258 g/mol. The van der Waals surface area contributed by atoms with Crippen molar-refractivity contribution in [1.82, 2.24) is 9.78 Å². The van der Waals surface area contributed by atoms with Crippen molar-refractivity contribution in [2.45, 2.75) is 31.6 Å². The number of aromatic nitrogens is 2. The molecule has 1 aliphatic rings. The molecule has 100 valence electrons. The lowest BCUT2D eigenvalue weighted by molar-refractivity contribution is 0.414. The van der Waals surface area contributed by atoms with Gasteiger partial charge in [0.2, 0.25) is 0 Å². The lowest BCUT2D eigenvalue weighted by Crippen LogP contribution is -2.13. The minimum absolute atomic E-state index is 0.00449. The van der Waals surface area contributed by atoms with E-state index in [0.717, 1.165) is 17.1 Å². The number of ether oxygens (including phenoxy) is 1. The van der Waals surface area contributed by atoms with Gasteiger partial charge in [-0.3, -0.25) is 9.89 Å². The van der Waals surface area contributed by atoms with Gasteiger partial charge in [0.15, 0.2) is 0 Å². The van der Waals surface area contributed by atoms with Crippen LogP contribution in [0, 0.1) is 0 Å². The number of H-pyrrole nitrogens is 1. The van der Waals surface area contributed by atoms with Crippen molar-refractivity contribution < 1.29 is 4.74 Å². The molecule has 0 atom stereocenters. The van der Waals surface area contributed by atoms with Crippen molar-refractivity contribution in [3.05, 3.63) is 46.4 Å². The van der Waals surface area contributed by atoms with Crippen LogP contribution in [-0.4, -0.2) is 16.9 Å². The molecule has 2 aromatic rings. The summed E-state index contributed by atoms with van der Waals surface area (Å²) in [6.07, 6.45) is 4.88. The molecule has 1 aromatic heterocycles. The van der Waals surface area contributed by atoms with Gasteiger partial charge in [0.1, 0.15) is 5.75 Å². The van der Waals surface area contributed by atoms with Gasteiger partial charge in [0.05, 0.1) is 12.8 Å². The summed E-state index contributed by atoms with van der Waals surface area (Å²) >= 11 is 0. The highest BCUT2D eigenvalue weighted by Gasteiger charge is 2.20. The second-order valence-corrected chi connectivity index (χ2v) is 5.07. The minimum atomic E-state index is -0.00449. The molecule has 4 nitrogen and oxygen atoms in total. The SMILES string of the molecule is COc1cccc(-n2[nH]c(C3CCCC3)cc2=O)c1. The van der Waals surface area contributed by atoms with Gasteiger partial charge in [0, 0.05) is 23.7 Å². The lowest BCUT2D eigenvalue weighted by atomic mass is 10.1. The van der Waals surface area contributed by atoms with Gasteiger partial charge in [-0.15, -0.1) is 0 Å². The summed E-state index contributed by atoms with van der Waals surface area (Å²) in [7, 11) is 1.63. The van der Waals surface area contributed by atoms with Crippen LogP contribution in [0.3, 0.4) is 0 Å². The second kappa shape index (κ2) is 4.96. The van der Waals surface area contributed by atoms with Crippen molar-refractivity contribution in [1.29, 1.82) is 0 Å². The van der Waals surface area contributed by atoms with Gasteiger partial charge in [-0.05, 0) is 25.0 Å². The third-order valence-electron chi connectivity index (χ3n) is 3.85. The van der Waals surface area contributed by atoms with Crippen LogP contribution in [0.1, 0.15) is 37.3 Å². The number of nitrogens with one attached hydrogen (secondary N) is 1. The molecule has 0 unspecified atom stereocenters. The Balaban J connectivity index is 1.97. The molecule has 0 saturated heterocycles. The molecule has 19 heavy (non-hydrogen) atoms. The van der Waals surface area contributed by atoms with Crippen LogP contribution in [0.2, 0.25) is 0 Å². The van der Waals surface area contributed by atoms with Gasteiger partial charge >= 0.3 is 0 Å². The van der Waals surface area contributed by atoms with E-state index in [-0.39, 0.29) is 5.56 Å². The smallest absolute Gasteiger partial charge is 0.271 e. The lowest BCUT2D eigenvalue weighted by Gasteiger charge is -2.07. The number of rotatable bonds is 3. The summed E-state index contributed by atoms with van der Waals surface area (Å²) in [6, 6.07) is 9.25. The summed E-state index contributed by atoms with van der Waals surface area (Å²) < 4.78 is 6.79. The van der Waals surface area contributed by atoms with Gasteiger partial charge in [0.25, 0.3) is 5.56 Å². The van der Waals surface area contributed by atoms with Crippen LogP contribution in [0.5, 0.6) is 5.75 Å². The Morgan fingerprint density at radius 1 is 1.26 bits per heavy atom.